The summed E-state index contributed by atoms with van der Waals surface area (Å²) in [6, 6.07) is 22.7. The topological polar surface area (TPSA) is 93.5 Å². The quantitative estimate of drug-likeness (QED) is 0.406. The van der Waals surface area contributed by atoms with Gasteiger partial charge in [0.1, 0.15) is 12.2 Å². The summed E-state index contributed by atoms with van der Waals surface area (Å²) >= 11 is 6.06. The van der Waals surface area contributed by atoms with Crippen molar-refractivity contribution < 1.29 is 19.4 Å². The molecule has 0 unspecified atom stereocenters. The monoisotopic (exact) mass is 459 g/mol. The lowest BCUT2D eigenvalue weighted by molar-refractivity contribution is 0.0698. The minimum absolute atomic E-state index is 0.0120. The van der Waals surface area contributed by atoms with Crippen LogP contribution >= 0.6 is 11.6 Å². The van der Waals surface area contributed by atoms with E-state index in [9.17, 15) is 14.7 Å². The molecule has 33 heavy (non-hydrogen) atoms. The standard InChI is InChI=1S/C25H18ClN3O4/c26-15-6-5-7-16(12-15)29-23(21(13-27-29)24(30)31)28-25(32)33-14-22-19-10-3-1-8-17(19)18-9-2-4-11-20(18)22/h1-13,22H,14H2,(H,28,32)(H,30,31). The number of carbonyl (C=O) groups is 2. The second-order valence-corrected chi connectivity index (χ2v) is 7.99. The molecule has 0 spiro atoms. The van der Waals surface area contributed by atoms with Gasteiger partial charge in [-0.2, -0.15) is 5.10 Å². The largest absolute Gasteiger partial charge is 0.477 e. The molecule has 0 atom stereocenters. The van der Waals surface area contributed by atoms with Crippen molar-refractivity contribution in [1.82, 2.24) is 9.78 Å². The highest BCUT2D eigenvalue weighted by molar-refractivity contribution is 6.30. The minimum atomic E-state index is -1.22. The van der Waals surface area contributed by atoms with Crippen molar-refractivity contribution in [2.24, 2.45) is 0 Å². The Morgan fingerprint density at radius 3 is 2.30 bits per heavy atom. The van der Waals surface area contributed by atoms with Crippen LogP contribution in [-0.2, 0) is 4.74 Å². The van der Waals surface area contributed by atoms with Crippen molar-refractivity contribution in [1.29, 1.82) is 0 Å². The Balaban J connectivity index is 1.39. The summed E-state index contributed by atoms with van der Waals surface area (Å²) < 4.78 is 6.85. The highest BCUT2D eigenvalue weighted by atomic mass is 35.5. The van der Waals surface area contributed by atoms with E-state index in [1.165, 1.54) is 10.9 Å². The number of carbonyl (C=O) groups excluding carboxylic acids is 1. The lowest BCUT2D eigenvalue weighted by Crippen LogP contribution is -2.21. The average Bonchev–Trinajstić information content (AvgIpc) is 3.37. The van der Waals surface area contributed by atoms with Crippen LogP contribution in [0.1, 0.15) is 27.4 Å². The Labute approximate surface area is 194 Å². The molecule has 5 rings (SSSR count). The van der Waals surface area contributed by atoms with Crippen LogP contribution in [0.3, 0.4) is 0 Å². The van der Waals surface area contributed by atoms with Gasteiger partial charge in [-0.05, 0) is 40.5 Å². The van der Waals surface area contributed by atoms with E-state index in [2.05, 4.69) is 22.5 Å². The van der Waals surface area contributed by atoms with Crippen LogP contribution in [-0.4, -0.2) is 33.6 Å². The first-order valence-corrected chi connectivity index (χ1v) is 10.6. The summed E-state index contributed by atoms with van der Waals surface area (Å²) in [5, 5.41) is 16.6. The van der Waals surface area contributed by atoms with Crippen LogP contribution in [0, 0.1) is 0 Å². The van der Waals surface area contributed by atoms with E-state index in [0.29, 0.717) is 10.7 Å². The van der Waals surface area contributed by atoms with Crippen LogP contribution in [0.15, 0.2) is 79.0 Å². The number of nitrogens with zero attached hydrogens (tertiary/aromatic N) is 2. The zero-order chi connectivity index (χ0) is 22.9. The molecule has 1 heterocycles. The fraction of sp³-hybridized carbons (Fsp3) is 0.0800. The van der Waals surface area contributed by atoms with Gasteiger partial charge in [-0.15, -0.1) is 0 Å². The fourth-order valence-electron chi connectivity index (χ4n) is 4.16. The number of hydrogen-bond acceptors (Lipinski definition) is 4. The van der Waals surface area contributed by atoms with Crippen LogP contribution in [0.25, 0.3) is 16.8 Å². The molecule has 1 aliphatic rings. The lowest BCUT2D eigenvalue weighted by atomic mass is 9.98. The molecular formula is C25H18ClN3O4. The van der Waals surface area contributed by atoms with Gasteiger partial charge in [-0.25, -0.2) is 14.3 Å². The molecule has 0 bridgehead atoms. The summed E-state index contributed by atoms with van der Waals surface area (Å²) in [5.74, 6) is -1.35. The molecule has 0 saturated carbocycles. The normalized spacial score (nSPS) is 12.2. The molecule has 1 aliphatic carbocycles. The van der Waals surface area contributed by atoms with Gasteiger partial charge in [0.15, 0.2) is 5.82 Å². The van der Waals surface area contributed by atoms with E-state index in [1.807, 2.05) is 36.4 Å². The molecule has 164 valence electrons. The number of amides is 1. The number of aromatic carboxylic acids is 1. The summed E-state index contributed by atoms with van der Waals surface area (Å²) in [4.78, 5) is 24.4. The highest BCUT2D eigenvalue weighted by Gasteiger charge is 2.29. The molecule has 3 aromatic carbocycles. The average molecular weight is 460 g/mol. The Kier molecular flexibility index (Phi) is 5.32. The number of nitrogens with one attached hydrogen (secondary N) is 1. The number of aromatic nitrogens is 2. The predicted octanol–water partition coefficient (Wildman–Crippen LogP) is 5.58. The number of carboxylic acids is 1. The van der Waals surface area contributed by atoms with Gasteiger partial charge in [0.25, 0.3) is 0 Å². The van der Waals surface area contributed by atoms with Gasteiger partial charge >= 0.3 is 12.1 Å². The van der Waals surface area contributed by atoms with Crippen LogP contribution in [0.4, 0.5) is 10.6 Å². The molecule has 4 aromatic rings. The van der Waals surface area contributed by atoms with Gasteiger partial charge in [-0.1, -0.05) is 66.2 Å². The number of hydrogen-bond donors (Lipinski definition) is 2. The first kappa shape index (κ1) is 20.8. The maximum absolute atomic E-state index is 12.7. The Bertz CT molecular complexity index is 1340. The van der Waals surface area contributed by atoms with E-state index in [4.69, 9.17) is 16.3 Å². The first-order chi connectivity index (χ1) is 16.0. The van der Waals surface area contributed by atoms with Crippen molar-refractivity contribution in [3.05, 3.63) is 101 Å². The number of anilines is 1. The van der Waals surface area contributed by atoms with Crippen molar-refractivity contribution in [2.75, 3.05) is 11.9 Å². The van der Waals surface area contributed by atoms with Gasteiger partial charge < -0.3 is 9.84 Å². The molecule has 0 fully saturated rings. The number of ether oxygens (including phenoxy) is 1. The lowest BCUT2D eigenvalue weighted by Gasteiger charge is -2.15. The van der Waals surface area contributed by atoms with Gasteiger partial charge in [0.05, 0.1) is 11.9 Å². The van der Waals surface area contributed by atoms with E-state index in [0.717, 1.165) is 22.3 Å². The van der Waals surface area contributed by atoms with E-state index >= 15 is 0 Å². The maximum Gasteiger partial charge on any atom is 0.412 e. The molecule has 0 radical (unpaired) electrons. The number of carboxylic acid groups (broad SMARTS) is 1. The van der Waals surface area contributed by atoms with Gasteiger partial charge in [-0.3, -0.25) is 5.32 Å². The minimum Gasteiger partial charge on any atom is -0.477 e. The second-order valence-electron chi connectivity index (χ2n) is 7.55. The van der Waals surface area contributed by atoms with Crippen LogP contribution in [0.5, 0.6) is 0 Å². The van der Waals surface area contributed by atoms with Gasteiger partial charge in [0, 0.05) is 10.9 Å². The molecule has 8 heteroatoms. The molecule has 2 N–H and O–H groups in total. The third-order valence-electron chi connectivity index (χ3n) is 5.62. The summed E-state index contributed by atoms with van der Waals surface area (Å²) in [6.07, 6.45) is 0.394. The Morgan fingerprint density at radius 2 is 1.67 bits per heavy atom. The summed E-state index contributed by atoms with van der Waals surface area (Å²) in [5.41, 5.74) is 4.75. The summed E-state index contributed by atoms with van der Waals surface area (Å²) in [7, 11) is 0. The predicted molar refractivity (Wildman–Crippen MR) is 124 cm³/mol. The molecular weight excluding hydrogens is 442 g/mol. The SMILES string of the molecule is O=C(Nc1c(C(=O)O)cnn1-c1cccc(Cl)c1)OCC1c2ccccc2-c2ccccc21. The van der Waals surface area contributed by atoms with E-state index in [1.54, 1.807) is 24.3 Å². The van der Waals surface area contributed by atoms with Crippen molar-refractivity contribution in [3.8, 4) is 16.8 Å². The molecule has 0 saturated heterocycles. The van der Waals surface area contributed by atoms with Gasteiger partial charge in [0.2, 0.25) is 0 Å². The van der Waals surface area contributed by atoms with Crippen molar-refractivity contribution in [3.63, 3.8) is 0 Å². The molecule has 0 aliphatic heterocycles. The zero-order valence-electron chi connectivity index (χ0n) is 17.2. The molecule has 1 aromatic heterocycles. The number of rotatable bonds is 5. The van der Waals surface area contributed by atoms with E-state index in [-0.39, 0.29) is 23.9 Å². The molecule has 1 amide bonds. The summed E-state index contributed by atoms with van der Waals surface area (Å²) in [6.45, 7) is 0.105. The smallest absolute Gasteiger partial charge is 0.412 e. The fourth-order valence-corrected chi connectivity index (χ4v) is 4.34. The highest BCUT2D eigenvalue weighted by Crippen LogP contribution is 2.44. The van der Waals surface area contributed by atoms with Crippen molar-refractivity contribution in [2.45, 2.75) is 5.92 Å². The second kappa shape index (κ2) is 8.44. The maximum atomic E-state index is 12.7. The van der Waals surface area contributed by atoms with E-state index < -0.39 is 12.1 Å². The van der Waals surface area contributed by atoms with Crippen LogP contribution < -0.4 is 5.32 Å². The zero-order valence-corrected chi connectivity index (χ0v) is 18.0. The van der Waals surface area contributed by atoms with Crippen LogP contribution in [0.2, 0.25) is 5.02 Å². The molecule has 7 nitrogen and oxygen atoms in total. The number of halogens is 1. The third-order valence-corrected chi connectivity index (χ3v) is 5.85. The Morgan fingerprint density at radius 1 is 1.00 bits per heavy atom. The number of fused-ring (bicyclic) bond motifs is 3. The Hall–Kier alpha value is -4.10. The first-order valence-electron chi connectivity index (χ1n) is 10.2. The third kappa shape index (κ3) is 3.83. The van der Waals surface area contributed by atoms with Crippen molar-refractivity contribution >= 4 is 29.5 Å². The number of benzene rings is 3.